The van der Waals surface area contributed by atoms with Gasteiger partial charge < -0.3 is 9.87 Å². The summed E-state index contributed by atoms with van der Waals surface area (Å²) in [5, 5.41) is 3.22. The van der Waals surface area contributed by atoms with E-state index >= 15 is 0 Å². The number of benzene rings is 1. The number of nitrogens with one attached hydrogen (secondary N) is 1. The van der Waals surface area contributed by atoms with E-state index in [0.717, 1.165) is 24.1 Å². The molecule has 2 unspecified atom stereocenters. The second-order valence-electron chi connectivity index (χ2n) is 4.30. The Morgan fingerprint density at radius 2 is 2.22 bits per heavy atom. The first-order valence-corrected chi connectivity index (χ1v) is 6.66. The Balaban J connectivity index is 0.00000162. The number of hydrogen-bond donors (Lipinski definition) is 2. The van der Waals surface area contributed by atoms with Crippen molar-refractivity contribution in [1.29, 1.82) is 0 Å². The van der Waals surface area contributed by atoms with Gasteiger partial charge in [0.05, 0.1) is 4.90 Å². The van der Waals surface area contributed by atoms with Gasteiger partial charge in [-0.2, -0.15) is 0 Å². The quantitative estimate of drug-likeness (QED) is 0.629. The van der Waals surface area contributed by atoms with Crippen LogP contribution in [0.15, 0.2) is 23.1 Å². The molecule has 0 aliphatic carbocycles. The van der Waals surface area contributed by atoms with Crippen molar-refractivity contribution in [3.8, 4) is 0 Å². The van der Waals surface area contributed by atoms with Crippen LogP contribution in [0.3, 0.4) is 0 Å². The van der Waals surface area contributed by atoms with Crippen molar-refractivity contribution < 1.29 is 13.6 Å². The molecule has 1 aromatic carbocycles. The van der Waals surface area contributed by atoms with Gasteiger partial charge in [0.2, 0.25) is 0 Å². The summed E-state index contributed by atoms with van der Waals surface area (Å²) < 4.78 is 20.0. The topological polar surface area (TPSA) is 66.4 Å². The number of ketones is 1. The molecule has 6 heteroatoms. The Hall–Kier alpha value is -0.200. The summed E-state index contributed by atoms with van der Waals surface area (Å²) >= 11 is -1.94. The van der Waals surface area contributed by atoms with Crippen LogP contribution in [0.1, 0.15) is 18.9 Å². The van der Waals surface area contributed by atoms with Gasteiger partial charge in [0.25, 0.3) is 0 Å². The van der Waals surface area contributed by atoms with Crippen LogP contribution in [0.4, 0.5) is 5.69 Å². The molecule has 1 aliphatic heterocycles. The van der Waals surface area contributed by atoms with Gasteiger partial charge in [0.1, 0.15) is 5.78 Å². The number of Topliss-reactive ketones (excluding diaryl/α,β-unsaturated/α-hetero) is 1. The van der Waals surface area contributed by atoms with Crippen LogP contribution in [-0.4, -0.2) is 50.6 Å². The van der Waals surface area contributed by atoms with Gasteiger partial charge in [-0.15, -0.1) is 0 Å². The van der Waals surface area contributed by atoms with Crippen LogP contribution in [0.2, 0.25) is 0 Å². The molecule has 1 aliphatic rings. The second-order valence-corrected chi connectivity index (χ2v) is 5.26. The molecule has 0 bridgehead atoms. The SMILES string of the molecule is CC(=O)C1CCc2cc(S(=O)O)ccc2NC1.[NaH]. The van der Waals surface area contributed by atoms with Gasteiger partial charge in [-0.05, 0) is 43.5 Å². The predicted molar refractivity (Wildman–Crippen MR) is 73.6 cm³/mol. The standard InChI is InChI=1S/C12H15NO3S.Na.H/c1-8(14)10-3-2-9-6-11(17(15)16)4-5-12(9)13-7-10;;/h4-6,10,13H,2-3,7H2,1H3,(H,15,16);;. The third kappa shape index (κ3) is 3.65. The molecule has 0 fully saturated rings. The van der Waals surface area contributed by atoms with Gasteiger partial charge in [0.15, 0.2) is 11.1 Å². The number of carbonyl (C=O) groups is 1. The number of fused-ring (bicyclic) bond motifs is 1. The monoisotopic (exact) mass is 277 g/mol. The molecular formula is C12H16NNaO3S. The first kappa shape index (κ1) is 15.9. The molecule has 2 N–H and O–H groups in total. The second kappa shape index (κ2) is 6.82. The third-order valence-electron chi connectivity index (χ3n) is 3.15. The summed E-state index contributed by atoms with van der Waals surface area (Å²) in [6.07, 6.45) is 1.55. The molecule has 2 atom stereocenters. The molecule has 94 valence electrons. The maximum absolute atomic E-state index is 11.3. The van der Waals surface area contributed by atoms with Crippen molar-refractivity contribution in [2.45, 2.75) is 24.7 Å². The predicted octanol–water partition coefficient (Wildman–Crippen LogP) is 1.18. The Kier molecular flexibility index (Phi) is 6.01. The van der Waals surface area contributed by atoms with E-state index in [1.54, 1.807) is 25.1 Å². The molecule has 1 aromatic rings. The maximum atomic E-state index is 11.3. The van der Waals surface area contributed by atoms with E-state index < -0.39 is 11.1 Å². The molecule has 2 rings (SSSR count). The number of aryl methyl sites for hydroxylation is 1. The Morgan fingerprint density at radius 3 is 2.83 bits per heavy atom. The Bertz CT molecular complexity index is 478. The van der Waals surface area contributed by atoms with Crippen molar-refractivity contribution >= 4 is 52.1 Å². The number of anilines is 1. The fourth-order valence-corrected chi connectivity index (χ4v) is 2.50. The summed E-state index contributed by atoms with van der Waals surface area (Å²) in [7, 11) is 0. The summed E-state index contributed by atoms with van der Waals surface area (Å²) in [5.74, 6) is 0.224. The first-order valence-electron chi connectivity index (χ1n) is 5.56. The van der Waals surface area contributed by atoms with E-state index in [2.05, 4.69) is 5.32 Å². The average molecular weight is 277 g/mol. The zero-order valence-corrected chi connectivity index (χ0v) is 10.4. The van der Waals surface area contributed by atoms with E-state index in [1.165, 1.54) is 0 Å². The van der Waals surface area contributed by atoms with Crippen molar-refractivity contribution in [2.24, 2.45) is 5.92 Å². The molecule has 0 saturated heterocycles. The summed E-state index contributed by atoms with van der Waals surface area (Å²) in [6.45, 7) is 2.25. The normalized spacial score (nSPS) is 19.8. The first-order chi connectivity index (χ1) is 8.08. The van der Waals surface area contributed by atoms with Crippen LogP contribution < -0.4 is 5.32 Å². The van der Waals surface area contributed by atoms with Gasteiger partial charge >= 0.3 is 29.6 Å². The zero-order valence-electron chi connectivity index (χ0n) is 9.60. The zero-order chi connectivity index (χ0) is 12.4. The van der Waals surface area contributed by atoms with E-state index in [4.69, 9.17) is 4.55 Å². The van der Waals surface area contributed by atoms with E-state index in [1.807, 2.05) is 0 Å². The van der Waals surface area contributed by atoms with Crippen LogP contribution in [0.25, 0.3) is 0 Å². The van der Waals surface area contributed by atoms with Crippen molar-refractivity contribution in [3.63, 3.8) is 0 Å². The van der Waals surface area contributed by atoms with Crippen LogP contribution in [0, 0.1) is 5.92 Å². The summed E-state index contributed by atoms with van der Waals surface area (Å²) in [6, 6.07) is 5.18. The molecular weight excluding hydrogens is 261 g/mol. The van der Waals surface area contributed by atoms with Crippen LogP contribution in [-0.2, 0) is 22.3 Å². The van der Waals surface area contributed by atoms with Gasteiger partial charge in [-0.1, -0.05) is 0 Å². The minimum absolute atomic E-state index is 0. The molecule has 0 amide bonds. The molecule has 4 nitrogen and oxygen atoms in total. The van der Waals surface area contributed by atoms with Gasteiger partial charge in [0, 0.05) is 18.2 Å². The van der Waals surface area contributed by atoms with E-state index in [0.29, 0.717) is 11.4 Å². The Labute approximate surface area is 131 Å². The molecule has 0 spiro atoms. The van der Waals surface area contributed by atoms with Crippen LogP contribution in [0.5, 0.6) is 0 Å². The molecule has 0 radical (unpaired) electrons. The number of hydrogen-bond acceptors (Lipinski definition) is 3. The molecule has 0 saturated carbocycles. The molecule has 0 aromatic heterocycles. The van der Waals surface area contributed by atoms with Crippen molar-refractivity contribution in [2.75, 3.05) is 11.9 Å². The van der Waals surface area contributed by atoms with Gasteiger partial charge in [-0.3, -0.25) is 4.79 Å². The van der Waals surface area contributed by atoms with E-state index in [9.17, 15) is 9.00 Å². The van der Waals surface area contributed by atoms with Gasteiger partial charge in [-0.25, -0.2) is 4.21 Å². The van der Waals surface area contributed by atoms with Crippen molar-refractivity contribution in [1.82, 2.24) is 0 Å². The number of rotatable bonds is 2. The number of carbonyl (C=O) groups excluding carboxylic acids is 1. The van der Waals surface area contributed by atoms with Crippen molar-refractivity contribution in [3.05, 3.63) is 23.8 Å². The molecule has 1 heterocycles. The summed E-state index contributed by atoms with van der Waals surface area (Å²) in [4.78, 5) is 11.8. The third-order valence-corrected chi connectivity index (χ3v) is 3.81. The average Bonchev–Trinajstić information content (AvgIpc) is 2.50. The molecule has 18 heavy (non-hydrogen) atoms. The Morgan fingerprint density at radius 1 is 1.50 bits per heavy atom. The summed E-state index contributed by atoms with van der Waals surface area (Å²) in [5.41, 5.74) is 1.97. The van der Waals surface area contributed by atoms with Crippen LogP contribution >= 0.6 is 0 Å². The fraction of sp³-hybridized carbons (Fsp3) is 0.417. The minimum atomic E-state index is -1.94. The van der Waals surface area contributed by atoms with E-state index in [-0.39, 0.29) is 41.3 Å². The fourth-order valence-electron chi connectivity index (χ4n) is 2.07.